The lowest BCUT2D eigenvalue weighted by molar-refractivity contribution is 0.281. The highest BCUT2D eigenvalue weighted by atomic mass is 16.5. The normalized spacial score (nSPS) is 12.3. The first-order valence-electron chi connectivity index (χ1n) is 5.15. The third-order valence-electron chi connectivity index (χ3n) is 2.14. The van der Waals surface area contributed by atoms with Gasteiger partial charge in [-0.25, -0.2) is 0 Å². The highest BCUT2D eigenvalue weighted by molar-refractivity contribution is 5.15. The van der Waals surface area contributed by atoms with Gasteiger partial charge >= 0.3 is 0 Å². The molecule has 4 nitrogen and oxygen atoms in total. The fourth-order valence-corrected chi connectivity index (χ4v) is 1.38. The van der Waals surface area contributed by atoms with Gasteiger partial charge in [-0.3, -0.25) is 4.98 Å². The van der Waals surface area contributed by atoms with Crippen LogP contribution in [0.15, 0.2) is 47.3 Å². The average molecular weight is 218 g/mol. The number of furan rings is 1. The number of nitrogens with two attached hydrogens (primary N) is 1. The van der Waals surface area contributed by atoms with Crippen LogP contribution in [0.5, 0.6) is 5.75 Å². The van der Waals surface area contributed by atoms with Crippen LogP contribution in [0.4, 0.5) is 0 Å². The summed E-state index contributed by atoms with van der Waals surface area (Å²) in [6, 6.07) is 7.36. The molecule has 0 aliphatic carbocycles. The lowest BCUT2D eigenvalue weighted by Crippen LogP contribution is -2.30. The lowest BCUT2D eigenvalue weighted by Gasteiger charge is -2.11. The zero-order valence-corrected chi connectivity index (χ0v) is 8.87. The molecule has 84 valence electrons. The average Bonchev–Trinajstić information content (AvgIpc) is 2.81. The molecular formula is C12H14N2O2. The van der Waals surface area contributed by atoms with Gasteiger partial charge in [0.15, 0.2) is 0 Å². The third-order valence-corrected chi connectivity index (χ3v) is 2.14. The van der Waals surface area contributed by atoms with E-state index in [2.05, 4.69) is 4.98 Å². The summed E-state index contributed by atoms with van der Waals surface area (Å²) in [6.07, 6.45) is 5.69. The van der Waals surface area contributed by atoms with Crippen molar-refractivity contribution in [3.05, 3.63) is 48.7 Å². The molecule has 0 radical (unpaired) electrons. The molecule has 0 saturated heterocycles. The van der Waals surface area contributed by atoms with Crippen molar-refractivity contribution in [3.63, 3.8) is 0 Å². The van der Waals surface area contributed by atoms with Crippen LogP contribution in [-0.4, -0.2) is 17.6 Å². The van der Waals surface area contributed by atoms with Crippen molar-refractivity contribution < 1.29 is 9.15 Å². The molecule has 0 fully saturated rings. The number of aromatic nitrogens is 1. The maximum Gasteiger partial charge on any atom is 0.137 e. The summed E-state index contributed by atoms with van der Waals surface area (Å²) in [4.78, 5) is 3.95. The number of hydrogen-bond acceptors (Lipinski definition) is 4. The minimum Gasteiger partial charge on any atom is -0.490 e. The van der Waals surface area contributed by atoms with E-state index in [4.69, 9.17) is 14.9 Å². The lowest BCUT2D eigenvalue weighted by atomic mass is 10.2. The second-order valence-corrected chi connectivity index (χ2v) is 3.54. The largest absolute Gasteiger partial charge is 0.490 e. The zero-order chi connectivity index (χ0) is 11.2. The minimum atomic E-state index is -0.0774. The van der Waals surface area contributed by atoms with Crippen LogP contribution in [0.1, 0.15) is 5.76 Å². The van der Waals surface area contributed by atoms with Gasteiger partial charge in [0.05, 0.1) is 12.5 Å². The first-order valence-corrected chi connectivity index (χ1v) is 5.15. The molecule has 2 N–H and O–H groups in total. The van der Waals surface area contributed by atoms with E-state index in [9.17, 15) is 0 Å². The van der Waals surface area contributed by atoms with Gasteiger partial charge in [0.1, 0.15) is 18.1 Å². The van der Waals surface area contributed by atoms with Gasteiger partial charge in [-0.05, 0) is 24.3 Å². The Morgan fingerprint density at radius 3 is 3.00 bits per heavy atom. The predicted molar refractivity (Wildman–Crippen MR) is 60.1 cm³/mol. The van der Waals surface area contributed by atoms with Crippen molar-refractivity contribution in [1.82, 2.24) is 4.98 Å². The van der Waals surface area contributed by atoms with E-state index in [1.165, 1.54) is 0 Å². The molecule has 0 aliphatic rings. The predicted octanol–water partition coefficient (Wildman–Crippen LogP) is 1.62. The summed E-state index contributed by atoms with van der Waals surface area (Å²) in [7, 11) is 0. The summed E-state index contributed by atoms with van der Waals surface area (Å²) >= 11 is 0. The monoisotopic (exact) mass is 218 g/mol. The fourth-order valence-electron chi connectivity index (χ4n) is 1.38. The van der Waals surface area contributed by atoms with E-state index >= 15 is 0 Å². The van der Waals surface area contributed by atoms with Gasteiger partial charge in [0.25, 0.3) is 0 Å². The van der Waals surface area contributed by atoms with Crippen molar-refractivity contribution in [2.24, 2.45) is 5.73 Å². The SMILES string of the molecule is NC(COc1cccnc1)Cc1ccco1. The molecule has 0 aliphatic heterocycles. The minimum absolute atomic E-state index is 0.0774. The van der Waals surface area contributed by atoms with E-state index in [1.54, 1.807) is 18.7 Å². The van der Waals surface area contributed by atoms with E-state index in [0.717, 1.165) is 11.5 Å². The first kappa shape index (κ1) is 10.7. The Morgan fingerprint density at radius 2 is 2.31 bits per heavy atom. The topological polar surface area (TPSA) is 61.3 Å². The summed E-state index contributed by atoms with van der Waals surface area (Å²) in [5, 5.41) is 0. The van der Waals surface area contributed by atoms with Crippen LogP contribution < -0.4 is 10.5 Å². The van der Waals surface area contributed by atoms with Crippen LogP contribution in [0, 0.1) is 0 Å². The van der Waals surface area contributed by atoms with E-state index in [-0.39, 0.29) is 6.04 Å². The van der Waals surface area contributed by atoms with Crippen molar-refractivity contribution >= 4 is 0 Å². The molecule has 2 rings (SSSR count). The second-order valence-electron chi connectivity index (χ2n) is 3.54. The Kier molecular flexibility index (Phi) is 3.56. The maximum absolute atomic E-state index is 5.91. The Bertz CT molecular complexity index is 400. The highest BCUT2D eigenvalue weighted by Gasteiger charge is 2.06. The smallest absolute Gasteiger partial charge is 0.137 e. The van der Waals surface area contributed by atoms with Crippen LogP contribution in [0.2, 0.25) is 0 Å². The van der Waals surface area contributed by atoms with Gasteiger partial charge in [-0.1, -0.05) is 0 Å². The van der Waals surface area contributed by atoms with Crippen molar-refractivity contribution in [1.29, 1.82) is 0 Å². The van der Waals surface area contributed by atoms with Gasteiger partial charge in [0.2, 0.25) is 0 Å². The van der Waals surface area contributed by atoms with E-state index in [0.29, 0.717) is 13.0 Å². The van der Waals surface area contributed by atoms with E-state index < -0.39 is 0 Å². The molecule has 0 spiro atoms. The molecule has 1 atom stereocenters. The first-order chi connectivity index (χ1) is 7.84. The van der Waals surface area contributed by atoms with Gasteiger partial charge in [0, 0.05) is 18.7 Å². The fraction of sp³-hybridized carbons (Fsp3) is 0.250. The summed E-state index contributed by atoms with van der Waals surface area (Å²) in [5.74, 6) is 1.61. The van der Waals surface area contributed by atoms with Crippen LogP contribution >= 0.6 is 0 Å². The molecule has 16 heavy (non-hydrogen) atoms. The number of hydrogen-bond donors (Lipinski definition) is 1. The second kappa shape index (κ2) is 5.32. The van der Waals surface area contributed by atoms with Gasteiger partial charge in [-0.15, -0.1) is 0 Å². The standard InChI is InChI=1S/C12H14N2O2/c13-10(7-11-4-2-6-15-11)9-16-12-3-1-5-14-8-12/h1-6,8,10H,7,9,13H2. The molecule has 0 amide bonds. The summed E-state index contributed by atoms with van der Waals surface area (Å²) < 4.78 is 10.7. The molecule has 1 unspecified atom stereocenters. The Labute approximate surface area is 94.1 Å². The maximum atomic E-state index is 5.91. The van der Waals surface area contributed by atoms with Crippen molar-refractivity contribution in [2.75, 3.05) is 6.61 Å². The van der Waals surface area contributed by atoms with Crippen LogP contribution in [-0.2, 0) is 6.42 Å². The molecule has 4 heteroatoms. The Morgan fingerprint density at radius 1 is 1.38 bits per heavy atom. The molecule has 2 heterocycles. The number of pyridine rings is 1. The zero-order valence-electron chi connectivity index (χ0n) is 8.87. The Hall–Kier alpha value is -1.81. The molecular weight excluding hydrogens is 204 g/mol. The Balaban J connectivity index is 1.78. The van der Waals surface area contributed by atoms with Crippen LogP contribution in [0.25, 0.3) is 0 Å². The molecule has 2 aromatic rings. The van der Waals surface area contributed by atoms with Crippen LogP contribution in [0.3, 0.4) is 0 Å². The van der Waals surface area contributed by atoms with Gasteiger partial charge < -0.3 is 14.9 Å². The highest BCUT2D eigenvalue weighted by Crippen LogP contribution is 2.08. The third kappa shape index (κ3) is 3.10. The number of rotatable bonds is 5. The molecule has 0 saturated carbocycles. The summed E-state index contributed by atoms with van der Waals surface area (Å²) in [5.41, 5.74) is 5.91. The quantitative estimate of drug-likeness (QED) is 0.828. The molecule has 2 aromatic heterocycles. The number of ether oxygens (including phenoxy) is 1. The van der Waals surface area contributed by atoms with Crippen molar-refractivity contribution in [3.8, 4) is 5.75 Å². The van der Waals surface area contributed by atoms with Crippen molar-refractivity contribution in [2.45, 2.75) is 12.5 Å². The summed E-state index contributed by atoms with van der Waals surface area (Å²) in [6.45, 7) is 0.451. The van der Waals surface area contributed by atoms with Gasteiger partial charge in [-0.2, -0.15) is 0 Å². The van der Waals surface area contributed by atoms with E-state index in [1.807, 2.05) is 24.3 Å². The molecule has 0 bridgehead atoms. The number of nitrogens with zero attached hydrogens (tertiary/aromatic N) is 1. The molecule has 0 aromatic carbocycles.